The van der Waals surface area contributed by atoms with Gasteiger partial charge in [0.05, 0.1) is 7.11 Å². The number of carboxylic acid groups (broad SMARTS) is 1. The lowest BCUT2D eigenvalue weighted by molar-refractivity contribution is -0.139. The number of carbonyl (C=O) groups is 1. The van der Waals surface area contributed by atoms with Crippen molar-refractivity contribution in [2.45, 2.75) is 29.4 Å². The Bertz CT molecular complexity index is 499. The van der Waals surface area contributed by atoms with Crippen molar-refractivity contribution >= 4 is 17.7 Å². The van der Waals surface area contributed by atoms with E-state index in [0.717, 1.165) is 43.0 Å². The molecule has 0 bridgehead atoms. The van der Waals surface area contributed by atoms with Gasteiger partial charge in [0.25, 0.3) is 0 Å². The minimum absolute atomic E-state index is 0.391. The number of carboxylic acids is 1. The van der Waals surface area contributed by atoms with Crippen molar-refractivity contribution in [1.82, 2.24) is 4.90 Å². The molecule has 0 unspecified atom stereocenters. The molecule has 1 aromatic rings. The van der Waals surface area contributed by atoms with Gasteiger partial charge >= 0.3 is 5.97 Å². The molecule has 0 saturated carbocycles. The Labute approximate surface area is 135 Å². The summed E-state index contributed by atoms with van der Waals surface area (Å²) in [5, 5.41) is 9.36. The third-order valence-electron chi connectivity index (χ3n) is 4.35. The summed E-state index contributed by atoms with van der Waals surface area (Å²) in [4.78, 5) is 13.6. The third-order valence-corrected chi connectivity index (χ3v) is 6.07. The smallest absolute Gasteiger partial charge is 0.321 e. The molecule has 1 saturated heterocycles. The van der Waals surface area contributed by atoms with E-state index in [1.54, 1.807) is 18.9 Å². The minimum Gasteiger partial charge on any atom is -0.497 e. The molecule has 1 aliphatic rings. The molecule has 5 nitrogen and oxygen atoms in total. The van der Waals surface area contributed by atoms with Gasteiger partial charge in [-0.3, -0.25) is 4.79 Å². The zero-order chi connectivity index (χ0) is 16.2. The summed E-state index contributed by atoms with van der Waals surface area (Å²) >= 11 is 1.68. The number of aliphatic carboxylic acids is 1. The van der Waals surface area contributed by atoms with Crippen molar-refractivity contribution in [3.05, 3.63) is 29.8 Å². The first-order valence-electron chi connectivity index (χ1n) is 7.41. The fourth-order valence-electron chi connectivity index (χ4n) is 2.72. The second-order valence-corrected chi connectivity index (χ2v) is 7.21. The zero-order valence-corrected chi connectivity index (χ0v) is 13.9. The molecule has 0 aromatic heterocycles. The first-order valence-corrected chi connectivity index (χ1v) is 8.39. The zero-order valence-electron chi connectivity index (χ0n) is 13.1. The van der Waals surface area contributed by atoms with Crippen LogP contribution in [0.3, 0.4) is 0 Å². The van der Waals surface area contributed by atoms with E-state index >= 15 is 0 Å². The van der Waals surface area contributed by atoms with Crippen LogP contribution in [0.15, 0.2) is 24.3 Å². The molecule has 0 radical (unpaired) electrons. The van der Waals surface area contributed by atoms with Crippen LogP contribution < -0.4 is 10.5 Å². The summed E-state index contributed by atoms with van der Waals surface area (Å²) in [6, 6.07) is 7.05. The quantitative estimate of drug-likeness (QED) is 0.831. The van der Waals surface area contributed by atoms with E-state index in [9.17, 15) is 9.90 Å². The summed E-state index contributed by atoms with van der Waals surface area (Å²) in [6.45, 7) is 1.77. The normalized spacial score (nSPS) is 19.6. The summed E-state index contributed by atoms with van der Waals surface area (Å²) in [5.74, 6) is 0.672. The second-order valence-electron chi connectivity index (χ2n) is 5.82. The first-order chi connectivity index (χ1) is 10.5. The fraction of sp³-hybridized carbons (Fsp3) is 0.562. The van der Waals surface area contributed by atoms with E-state index < -0.39 is 16.8 Å². The average molecular weight is 324 g/mol. The lowest BCUT2D eigenvalue weighted by atomic mass is 9.89. The first kappa shape index (κ1) is 17.1. The SMILES string of the molecule is COc1ccc(CSC2([C@H](N)C(=O)O)CCN(C)CC2)cc1. The van der Waals surface area contributed by atoms with E-state index in [1.165, 1.54) is 0 Å². The lowest BCUT2D eigenvalue weighted by Crippen LogP contribution is -2.55. The number of benzene rings is 1. The summed E-state index contributed by atoms with van der Waals surface area (Å²) in [5.41, 5.74) is 7.18. The summed E-state index contributed by atoms with van der Waals surface area (Å²) in [6.07, 6.45) is 1.61. The Morgan fingerprint density at radius 2 is 2.00 bits per heavy atom. The maximum atomic E-state index is 11.4. The van der Waals surface area contributed by atoms with Crippen molar-refractivity contribution in [2.75, 3.05) is 27.2 Å². The molecule has 3 N–H and O–H groups in total. The Morgan fingerprint density at radius 3 is 2.50 bits per heavy atom. The van der Waals surface area contributed by atoms with Crippen LogP contribution in [0.5, 0.6) is 5.75 Å². The fourth-order valence-corrected chi connectivity index (χ4v) is 4.11. The molecule has 22 heavy (non-hydrogen) atoms. The van der Waals surface area contributed by atoms with Gasteiger partial charge < -0.3 is 20.5 Å². The molecule has 2 rings (SSSR count). The number of thioether (sulfide) groups is 1. The van der Waals surface area contributed by atoms with Crippen LogP contribution in [0.4, 0.5) is 0 Å². The third kappa shape index (κ3) is 3.94. The van der Waals surface area contributed by atoms with Gasteiger partial charge in [0.15, 0.2) is 0 Å². The highest BCUT2D eigenvalue weighted by atomic mass is 32.2. The van der Waals surface area contributed by atoms with Crippen molar-refractivity contribution in [2.24, 2.45) is 5.73 Å². The standard InChI is InChI=1S/C16H24N2O3S/c1-18-9-7-16(8-10-18,14(17)15(19)20)22-11-12-3-5-13(21-2)6-4-12/h3-6,14H,7-11,17H2,1-2H3,(H,19,20)/t14-/m1/s1. The number of piperidine rings is 1. The number of rotatable bonds is 6. The van der Waals surface area contributed by atoms with Gasteiger partial charge in [-0.05, 0) is 50.7 Å². The lowest BCUT2D eigenvalue weighted by Gasteiger charge is -2.42. The maximum Gasteiger partial charge on any atom is 0.321 e. The van der Waals surface area contributed by atoms with E-state index in [4.69, 9.17) is 10.5 Å². The second kappa shape index (κ2) is 7.35. The summed E-state index contributed by atoms with van der Waals surface area (Å²) in [7, 11) is 3.70. The topological polar surface area (TPSA) is 75.8 Å². The van der Waals surface area contributed by atoms with Crippen LogP contribution in [0, 0.1) is 0 Å². The summed E-state index contributed by atoms with van der Waals surface area (Å²) < 4.78 is 4.76. The molecule has 0 spiro atoms. The largest absolute Gasteiger partial charge is 0.497 e. The van der Waals surface area contributed by atoms with Crippen LogP contribution in [0.1, 0.15) is 18.4 Å². The number of nitrogens with zero attached hydrogens (tertiary/aromatic N) is 1. The van der Waals surface area contributed by atoms with Gasteiger partial charge in [0.1, 0.15) is 11.8 Å². The van der Waals surface area contributed by atoms with E-state index in [2.05, 4.69) is 11.9 Å². The van der Waals surface area contributed by atoms with Gasteiger partial charge in [0.2, 0.25) is 0 Å². The number of likely N-dealkylation sites (tertiary alicyclic amines) is 1. The van der Waals surface area contributed by atoms with Crippen LogP contribution in [-0.2, 0) is 10.5 Å². The van der Waals surface area contributed by atoms with Gasteiger partial charge in [-0.2, -0.15) is 0 Å². The van der Waals surface area contributed by atoms with Crippen LogP contribution >= 0.6 is 11.8 Å². The number of nitrogens with two attached hydrogens (primary N) is 1. The Hall–Kier alpha value is -1.24. The van der Waals surface area contributed by atoms with Crippen molar-refractivity contribution < 1.29 is 14.6 Å². The average Bonchev–Trinajstić information content (AvgIpc) is 2.54. The van der Waals surface area contributed by atoms with E-state index in [-0.39, 0.29) is 0 Å². The molecule has 0 aliphatic carbocycles. The van der Waals surface area contributed by atoms with Gasteiger partial charge in [0, 0.05) is 10.5 Å². The Balaban J connectivity index is 2.07. The number of hydrogen-bond acceptors (Lipinski definition) is 5. The minimum atomic E-state index is -0.910. The number of methoxy groups -OCH3 is 1. The van der Waals surface area contributed by atoms with Crippen LogP contribution in [0.25, 0.3) is 0 Å². The Kier molecular flexibility index (Phi) is 5.72. The van der Waals surface area contributed by atoms with Crippen molar-refractivity contribution in [3.8, 4) is 5.75 Å². The maximum absolute atomic E-state index is 11.4. The number of ether oxygens (including phenoxy) is 1. The molecule has 6 heteroatoms. The van der Waals surface area contributed by atoms with Gasteiger partial charge in [-0.1, -0.05) is 12.1 Å². The molecular formula is C16H24N2O3S. The molecule has 0 amide bonds. The highest BCUT2D eigenvalue weighted by Crippen LogP contribution is 2.40. The molecule has 1 aliphatic heterocycles. The van der Waals surface area contributed by atoms with Crippen molar-refractivity contribution in [3.63, 3.8) is 0 Å². The van der Waals surface area contributed by atoms with Gasteiger partial charge in [-0.25, -0.2) is 0 Å². The van der Waals surface area contributed by atoms with Gasteiger partial charge in [-0.15, -0.1) is 11.8 Å². The predicted molar refractivity (Wildman–Crippen MR) is 89.4 cm³/mol. The van der Waals surface area contributed by atoms with Crippen LogP contribution in [0.2, 0.25) is 0 Å². The highest BCUT2D eigenvalue weighted by molar-refractivity contribution is 8.00. The molecule has 1 fully saturated rings. The number of hydrogen-bond donors (Lipinski definition) is 2. The monoisotopic (exact) mass is 324 g/mol. The van der Waals surface area contributed by atoms with E-state index in [0.29, 0.717) is 0 Å². The predicted octanol–water partition coefficient (Wildman–Crippen LogP) is 1.80. The molecule has 1 aromatic carbocycles. The molecule has 122 valence electrons. The van der Waals surface area contributed by atoms with Crippen molar-refractivity contribution in [1.29, 1.82) is 0 Å². The highest BCUT2D eigenvalue weighted by Gasteiger charge is 2.43. The molecular weight excluding hydrogens is 300 g/mol. The molecule has 1 heterocycles. The van der Waals surface area contributed by atoms with Crippen LogP contribution in [-0.4, -0.2) is 54.0 Å². The molecule has 1 atom stereocenters. The van der Waals surface area contributed by atoms with E-state index in [1.807, 2.05) is 24.3 Å². The Morgan fingerprint density at radius 1 is 1.41 bits per heavy atom.